The van der Waals surface area contributed by atoms with E-state index in [1.807, 2.05) is 7.11 Å². The Kier molecular flexibility index (Phi) is 2.90. The van der Waals surface area contributed by atoms with Crippen LogP contribution in [0.1, 0.15) is 26.7 Å². The summed E-state index contributed by atoms with van der Waals surface area (Å²) in [4.78, 5) is 2.45. The molecule has 1 heterocycles. The first-order valence-electron chi connectivity index (χ1n) is 4.48. The highest BCUT2D eigenvalue weighted by molar-refractivity contribution is 4.83. The number of ether oxygens (including phenoxy) is 1. The fourth-order valence-corrected chi connectivity index (χ4v) is 1.74. The Morgan fingerprint density at radius 1 is 1.55 bits per heavy atom. The summed E-state index contributed by atoms with van der Waals surface area (Å²) in [6.45, 7) is 7.91. The van der Waals surface area contributed by atoms with Crippen LogP contribution >= 0.6 is 0 Å². The van der Waals surface area contributed by atoms with Gasteiger partial charge in [-0.3, -0.25) is 0 Å². The molecule has 0 spiro atoms. The van der Waals surface area contributed by atoms with Crippen LogP contribution < -0.4 is 0 Å². The smallest absolute Gasteiger partial charge is 0.0777 e. The minimum absolute atomic E-state index is 0.119. The van der Waals surface area contributed by atoms with E-state index in [0.717, 1.165) is 13.1 Å². The first-order chi connectivity index (χ1) is 5.20. The molecular weight excluding hydrogens is 138 g/mol. The van der Waals surface area contributed by atoms with Crippen molar-refractivity contribution in [1.29, 1.82) is 0 Å². The number of nitrogens with zero attached hydrogens (tertiary/aromatic N) is 1. The lowest BCUT2D eigenvalue weighted by atomic mass is 9.95. The standard InChI is InChI=1S/C9H19NO/c1-4-10-7-5-6-9(2,8-10)11-3/h4-8H2,1-3H3. The summed E-state index contributed by atoms with van der Waals surface area (Å²) in [5, 5.41) is 0. The number of hydrogen-bond donors (Lipinski definition) is 0. The minimum Gasteiger partial charge on any atom is -0.377 e. The van der Waals surface area contributed by atoms with Gasteiger partial charge in [0.2, 0.25) is 0 Å². The van der Waals surface area contributed by atoms with Crippen molar-refractivity contribution < 1.29 is 4.74 Å². The highest BCUT2D eigenvalue weighted by Gasteiger charge is 2.29. The van der Waals surface area contributed by atoms with Gasteiger partial charge in [0.1, 0.15) is 0 Å². The van der Waals surface area contributed by atoms with E-state index in [1.165, 1.54) is 19.4 Å². The minimum atomic E-state index is 0.119. The number of likely N-dealkylation sites (tertiary alicyclic amines) is 1. The van der Waals surface area contributed by atoms with Gasteiger partial charge in [-0.15, -0.1) is 0 Å². The molecule has 1 fully saturated rings. The van der Waals surface area contributed by atoms with Crippen molar-refractivity contribution in [1.82, 2.24) is 4.90 Å². The Balaban J connectivity index is 2.44. The molecule has 1 unspecified atom stereocenters. The van der Waals surface area contributed by atoms with Gasteiger partial charge >= 0.3 is 0 Å². The van der Waals surface area contributed by atoms with Gasteiger partial charge in [0.05, 0.1) is 5.60 Å². The van der Waals surface area contributed by atoms with Crippen molar-refractivity contribution in [3.8, 4) is 0 Å². The molecule has 0 radical (unpaired) electrons. The third-order valence-corrected chi connectivity index (χ3v) is 2.68. The van der Waals surface area contributed by atoms with Crippen molar-refractivity contribution in [3.63, 3.8) is 0 Å². The molecule has 0 saturated carbocycles. The van der Waals surface area contributed by atoms with E-state index in [1.54, 1.807) is 0 Å². The predicted octanol–water partition coefficient (Wildman–Crippen LogP) is 1.51. The van der Waals surface area contributed by atoms with E-state index in [9.17, 15) is 0 Å². The van der Waals surface area contributed by atoms with Crippen LogP contribution in [0.2, 0.25) is 0 Å². The van der Waals surface area contributed by atoms with Gasteiger partial charge in [0.15, 0.2) is 0 Å². The Labute approximate surface area is 69.5 Å². The van der Waals surface area contributed by atoms with Crippen LogP contribution in [0.25, 0.3) is 0 Å². The van der Waals surface area contributed by atoms with Gasteiger partial charge in [-0.05, 0) is 32.9 Å². The second-order valence-electron chi connectivity index (χ2n) is 3.63. The number of piperidine rings is 1. The van der Waals surface area contributed by atoms with Crippen molar-refractivity contribution in [3.05, 3.63) is 0 Å². The summed E-state index contributed by atoms with van der Waals surface area (Å²) >= 11 is 0. The maximum absolute atomic E-state index is 5.47. The molecule has 1 aliphatic heterocycles. The molecule has 11 heavy (non-hydrogen) atoms. The summed E-state index contributed by atoms with van der Waals surface area (Å²) in [5.41, 5.74) is 0.119. The zero-order valence-electron chi connectivity index (χ0n) is 7.89. The molecular formula is C9H19NO. The third-order valence-electron chi connectivity index (χ3n) is 2.68. The molecule has 66 valence electrons. The average Bonchev–Trinajstić information content (AvgIpc) is 2.05. The molecule has 2 nitrogen and oxygen atoms in total. The highest BCUT2D eigenvalue weighted by atomic mass is 16.5. The van der Waals surface area contributed by atoms with Crippen LogP contribution in [0.15, 0.2) is 0 Å². The summed E-state index contributed by atoms with van der Waals surface area (Å²) in [6.07, 6.45) is 2.48. The summed E-state index contributed by atoms with van der Waals surface area (Å²) in [7, 11) is 1.82. The number of rotatable bonds is 2. The van der Waals surface area contributed by atoms with Crippen LogP contribution in [0.3, 0.4) is 0 Å². The second-order valence-corrected chi connectivity index (χ2v) is 3.63. The molecule has 0 aliphatic carbocycles. The molecule has 0 bridgehead atoms. The average molecular weight is 157 g/mol. The maximum atomic E-state index is 5.47. The van der Waals surface area contributed by atoms with Crippen LogP contribution in [-0.4, -0.2) is 37.2 Å². The van der Waals surface area contributed by atoms with Gasteiger partial charge in [-0.25, -0.2) is 0 Å². The molecule has 0 amide bonds. The summed E-state index contributed by atoms with van der Waals surface area (Å²) in [5.74, 6) is 0. The SMILES string of the molecule is CCN1CCCC(C)(OC)C1. The monoisotopic (exact) mass is 157 g/mol. The maximum Gasteiger partial charge on any atom is 0.0777 e. The van der Waals surface area contributed by atoms with E-state index < -0.39 is 0 Å². The molecule has 1 saturated heterocycles. The Morgan fingerprint density at radius 2 is 2.27 bits per heavy atom. The highest BCUT2D eigenvalue weighted by Crippen LogP contribution is 2.23. The van der Waals surface area contributed by atoms with E-state index in [4.69, 9.17) is 4.74 Å². The second kappa shape index (κ2) is 3.55. The number of methoxy groups -OCH3 is 1. The number of likely N-dealkylation sites (N-methyl/N-ethyl adjacent to an activating group) is 1. The van der Waals surface area contributed by atoms with Crippen LogP contribution in [0.5, 0.6) is 0 Å². The number of hydrogen-bond acceptors (Lipinski definition) is 2. The Hall–Kier alpha value is -0.0800. The Morgan fingerprint density at radius 3 is 2.82 bits per heavy atom. The molecule has 1 atom stereocenters. The van der Waals surface area contributed by atoms with Crippen LogP contribution in [0.4, 0.5) is 0 Å². The van der Waals surface area contributed by atoms with Crippen molar-refractivity contribution in [2.24, 2.45) is 0 Å². The Bertz CT molecular complexity index is 127. The fraction of sp³-hybridized carbons (Fsp3) is 1.00. The van der Waals surface area contributed by atoms with Gasteiger partial charge < -0.3 is 9.64 Å². The normalized spacial score (nSPS) is 34.1. The molecule has 0 aromatic heterocycles. The predicted molar refractivity (Wildman–Crippen MR) is 46.8 cm³/mol. The van der Waals surface area contributed by atoms with Gasteiger partial charge in [0, 0.05) is 13.7 Å². The van der Waals surface area contributed by atoms with E-state index >= 15 is 0 Å². The van der Waals surface area contributed by atoms with Crippen molar-refractivity contribution >= 4 is 0 Å². The van der Waals surface area contributed by atoms with Crippen molar-refractivity contribution in [2.75, 3.05) is 26.7 Å². The van der Waals surface area contributed by atoms with Gasteiger partial charge in [-0.1, -0.05) is 6.92 Å². The van der Waals surface area contributed by atoms with Crippen molar-refractivity contribution in [2.45, 2.75) is 32.3 Å². The van der Waals surface area contributed by atoms with Crippen LogP contribution in [0, 0.1) is 0 Å². The lowest BCUT2D eigenvalue weighted by Gasteiger charge is -2.38. The summed E-state index contributed by atoms with van der Waals surface area (Å²) in [6, 6.07) is 0. The van der Waals surface area contributed by atoms with E-state index in [0.29, 0.717) is 0 Å². The molecule has 1 aliphatic rings. The van der Waals surface area contributed by atoms with E-state index in [-0.39, 0.29) is 5.60 Å². The largest absolute Gasteiger partial charge is 0.377 e. The lowest BCUT2D eigenvalue weighted by Crippen LogP contribution is -2.47. The van der Waals surface area contributed by atoms with Gasteiger partial charge in [0.25, 0.3) is 0 Å². The van der Waals surface area contributed by atoms with Gasteiger partial charge in [-0.2, -0.15) is 0 Å². The van der Waals surface area contributed by atoms with E-state index in [2.05, 4.69) is 18.7 Å². The first kappa shape index (κ1) is 9.01. The zero-order valence-corrected chi connectivity index (χ0v) is 7.89. The summed E-state index contributed by atoms with van der Waals surface area (Å²) < 4.78 is 5.47. The fourth-order valence-electron chi connectivity index (χ4n) is 1.74. The molecule has 1 rings (SSSR count). The third kappa shape index (κ3) is 2.17. The van der Waals surface area contributed by atoms with Crippen LogP contribution in [-0.2, 0) is 4.74 Å². The molecule has 0 aromatic carbocycles. The molecule has 0 N–H and O–H groups in total. The molecule has 0 aromatic rings. The topological polar surface area (TPSA) is 12.5 Å². The quantitative estimate of drug-likeness (QED) is 0.602. The first-order valence-corrected chi connectivity index (χ1v) is 4.48. The lowest BCUT2D eigenvalue weighted by molar-refractivity contribution is -0.0493. The zero-order chi connectivity index (χ0) is 8.32. The molecule has 2 heteroatoms.